The number of rotatable bonds is 8. The highest BCUT2D eigenvalue weighted by Gasteiger charge is 2.25. The van der Waals surface area contributed by atoms with Crippen molar-refractivity contribution in [2.45, 2.75) is 58.9 Å². The number of anilines is 2. The summed E-state index contributed by atoms with van der Waals surface area (Å²) in [5.41, 5.74) is 5.17. The number of nitrogens with two attached hydrogens (primary N) is 2. The number of hydrogen-bond acceptors (Lipinski definition) is 9. The number of carbonyl (C=O) groups excluding carboxylic acids is 2. The summed E-state index contributed by atoms with van der Waals surface area (Å²) in [5.74, 6) is -2.01. The maximum Gasteiger partial charge on any atom is 0.302 e. The van der Waals surface area contributed by atoms with Gasteiger partial charge in [0.05, 0.1) is 12.2 Å². The average Bonchev–Trinajstić information content (AvgIpc) is 3.13. The summed E-state index contributed by atoms with van der Waals surface area (Å²) < 4.78 is 32.4. The van der Waals surface area contributed by atoms with E-state index in [-0.39, 0.29) is 22.1 Å². The van der Waals surface area contributed by atoms with E-state index in [0.717, 1.165) is 54.9 Å². The van der Waals surface area contributed by atoms with Crippen molar-refractivity contribution < 1.29 is 23.1 Å². The molecule has 1 aliphatic rings. The van der Waals surface area contributed by atoms with Crippen molar-refractivity contribution in [2.75, 3.05) is 23.4 Å². The van der Waals surface area contributed by atoms with Gasteiger partial charge in [0.25, 0.3) is 0 Å². The second-order valence-electron chi connectivity index (χ2n) is 8.89. The predicted octanol–water partition coefficient (Wildman–Crippen LogP) is 5.16. The summed E-state index contributed by atoms with van der Waals surface area (Å²) in [6.45, 7) is 5.86. The molecular formula is C23H32F2N4O3S2. The summed E-state index contributed by atoms with van der Waals surface area (Å²) >= 11 is 2.31. The third-order valence-corrected chi connectivity index (χ3v) is 7.07. The van der Waals surface area contributed by atoms with Crippen LogP contribution in [0.2, 0.25) is 0 Å². The Bertz CT molecular complexity index is 959. The number of nitrogens with zero attached hydrogens (tertiary/aromatic N) is 1. The minimum atomic E-state index is -0.899. The van der Waals surface area contributed by atoms with Gasteiger partial charge in [-0.15, -0.1) is 0 Å². The number of aromatic nitrogens is 1. The third kappa shape index (κ3) is 8.52. The number of carbonyl (C=O) groups is 2. The number of thiazole rings is 1. The molecule has 0 unspecified atom stereocenters. The molecule has 7 nitrogen and oxygen atoms in total. The highest BCUT2D eigenvalue weighted by Crippen LogP contribution is 2.31. The Balaban J connectivity index is 0.000000316. The average molecular weight is 515 g/mol. The zero-order chi connectivity index (χ0) is 25.3. The maximum absolute atomic E-state index is 13.8. The predicted molar refractivity (Wildman–Crippen MR) is 134 cm³/mol. The van der Waals surface area contributed by atoms with Gasteiger partial charge in [0.15, 0.2) is 5.13 Å². The number of ketones is 1. The fourth-order valence-electron chi connectivity index (χ4n) is 3.37. The summed E-state index contributed by atoms with van der Waals surface area (Å²) in [7, 11) is 0. The lowest BCUT2D eigenvalue weighted by Gasteiger charge is -2.22. The van der Waals surface area contributed by atoms with Crippen molar-refractivity contribution in [1.82, 2.24) is 4.98 Å². The zero-order valence-corrected chi connectivity index (χ0v) is 21.3. The van der Waals surface area contributed by atoms with Crippen molar-refractivity contribution in [3.8, 4) is 0 Å². The largest absolute Gasteiger partial charge is 0.465 e. The molecule has 1 aliphatic carbocycles. The molecule has 11 heteroatoms. The smallest absolute Gasteiger partial charge is 0.302 e. The van der Waals surface area contributed by atoms with Crippen LogP contribution >= 0.6 is 23.3 Å². The Kier molecular flexibility index (Phi) is 10.7. The molecule has 1 aromatic heterocycles. The molecule has 188 valence electrons. The summed E-state index contributed by atoms with van der Waals surface area (Å²) in [4.78, 5) is 27.0. The molecule has 1 saturated carbocycles. The van der Waals surface area contributed by atoms with Gasteiger partial charge in [0.1, 0.15) is 22.3 Å². The third-order valence-electron chi connectivity index (χ3n) is 5.12. The Hall–Kier alpha value is -2.24. The molecule has 0 bridgehead atoms. The molecule has 2 aromatic rings. The molecule has 1 aromatic carbocycles. The van der Waals surface area contributed by atoms with E-state index < -0.39 is 23.0 Å². The number of halogens is 2. The van der Waals surface area contributed by atoms with Gasteiger partial charge in [0, 0.05) is 24.1 Å². The van der Waals surface area contributed by atoms with E-state index in [1.165, 1.54) is 31.4 Å². The molecule has 0 saturated heterocycles. The number of ether oxygens (including phenoxy) is 1. The molecule has 3 rings (SSSR count). The second-order valence-corrected chi connectivity index (χ2v) is 10.5. The molecule has 1 fully saturated rings. The molecule has 0 aliphatic heterocycles. The van der Waals surface area contributed by atoms with Crippen molar-refractivity contribution >= 4 is 46.0 Å². The molecule has 34 heavy (non-hydrogen) atoms. The molecule has 5 N–H and O–H groups in total. The van der Waals surface area contributed by atoms with Crippen LogP contribution in [0, 0.1) is 17.0 Å². The number of nitrogen functional groups attached to an aromatic ring is 1. The minimum absolute atomic E-state index is 0.000891. The van der Waals surface area contributed by atoms with Gasteiger partial charge < -0.3 is 15.8 Å². The van der Waals surface area contributed by atoms with Crippen molar-refractivity contribution in [3.63, 3.8) is 0 Å². The van der Waals surface area contributed by atoms with Crippen LogP contribution in [0.4, 0.5) is 19.7 Å². The van der Waals surface area contributed by atoms with Crippen LogP contribution in [0.25, 0.3) is 0 Å². The van der Waals surface area contributed by atoms with Gasteiger partial charge >= 0.3 is 5.97 Å². The standard InChI is InChI=1S/C16H17F2N3OS.C7H15NO2S/c17-10-7-4-8-11(18)12(10)13(22)14-15(19)21-16(23-14)20-9-5-2-1-3-6-9;1-6(9)10-4-7(2,3)5-11-8/h4,7-9H,1-3,5-6,19H2,(H,20,21);4-5,8H2,1-3H3. The maximum atomic E-state index is 13.8. The number of hydrogen-bond donors (Lipinski definition) is 3. The van der Waals surface area contributed by atoms with Gasteiger partial charge in [-0.05, 0) is 25.0 Å². The van der Waals surface area contributed by atoms with E-state index in [0.29, 0.717) is 17.8 Å². The highest BCUT2D eigenvalue weighted by atomic mass is 32.2. The molecule has 0 radical (unpaired) electrons. The van der Waals surface area contributed by atoms with Crippen LogP contribution in [-0.2, 0) is 9.53 Å². The number of nitrogens with one attached hydrogen (secondary N) is 1. The second kappa shape index (κ2) is 13.0. The van der Waals surface area contributed by atoms with E-state index >= 15 is 0 Å². The van der Waals surface area contributed by atoms with E-state index in [1.807, 2.05) is 13.8 Å². The van der Waals surface area contributed by atoms with Gasteiger partial charge in [-0.25, -0.2) is 13.8 Å². The van der Waals surface area contributed by atoms with Crippen LogP contribution in [-0.4, -0.2) is 35.1 Å². The van der Waals surface area contributed by atoms with Crippen LogP contribution in [0.5, 0.6) is 0 Å². The summed E-state index contributed by atoms with van der Waals surface area (Å²) in [6.07, 6.45) is 5.64. The fourth-order valence-corrected chi connectivity index (χ4v) is 4.81. The number of benzene rings is 1. The first-order valence-corrected chi connectivity index (χ1v) is 12.9. The van der Waals surface area contributed by atoms with Crippen molar-refractivity contribution in [2.24, 2.45) is 10.6 Å². The van der Waals surface area contributed by atoms with Crippen LogP contribution < -0.4 is 16.2 Å². The van der Waals surface area contributed by atoms with Crippen LogP contribution in [0.3, 0.4) is 0 Å². The fraction of sp³-hybridized carbons (Fsp3) is 0.522. The highest BCUT2D eigenvalue weighted by molar-refractivity contribution is 7.97. The summed E-state index contributed by atoms with van der Waals surface area (Å²) in [6, 6.07) is 3.62. The van der Waals surface area contributed by atoms with Gasteiger partial charge in [-0.2, -0.15) is 0 Å². The van der Waals surface area contributed by atoms with E-state index in [2.05, 4.69) is 10.3 Å². The number of esters is 1. The monoisotopic (exact) mass is 514 g/mol. The van der Waals surface area contributed by atoms with E-state index in [4.69, 9.17) is 15.6 Å². The van der Waals surface area contributed by atoms with E-state index in [1.54, 1.807) is 0 Å². The quantitative estimate of drug-likeness (QED) is 0.251. The summed E-state index contributed by atoms with van der Waals surface area (Å²) in [5, 5.41) is 9.09. The first-order valence-electron chi connectivity index (χ1n) is 11.0. The molecule has 1 heterocycles. The van der Waals surface area contributed by atoms with Crippen molar-refractivity contribution in [1.29, 1.82) is 0 Å². The lowest BCUT2D eigenvalue weighted by molar-refractivity contribution is -0.143. The lowest BCUT2D eigenvalue weighted by Crippen LogP contribution is -2.24. The zero-order valence-electron chi connectivity index (χ0n) is 19.7. The topological polar surface area (TPSA) is 120 Å². The Labute approximate surface area is 207 Å². The first kappa shape index (κ1) is 28.0. The lowest BCUT2D eigenvalue weighted by atomic mass is 9.96. The minimum Gasteiger partial charge on any atom is -0.465 e. The Morgan fingerprint density at radius 2 is 1.85 bits per heavy atom. The van der Waals surface area contributed by atoms with Crippen LogP contribution in [0.15, 0.2) is 18.2 Å². The Morgan fingerprint density at radius 3 is 2.41 bits per heavy atom. The van der Waals surface area contributed by atoms with Gasteiger partial charge in [-0.3, -0.25) is 14.7 Å². The molecule has 0 amide bonds. The molecular weight excluding hydrogens is 482 g/mol. The van der Waals surface area contributed by atoms with Crippen LogP contribution in [0.1, 0.15) is 68.1 Å². The molecule has 0 atom stereocenters. The SMILES string of the molecule is CC(=O)OCC(C)(C)CSN.Nc1nc(NC2CCCCC2)sc1C(=O)c1c(F)cccc1F. The van der Waals surface area contributed by atoms with Gasteiger partial charge in [0.2, 0.25) is 5.78 Å². The van der Waals surface area contributed by atoms with E-state index in [9.17, 15) is 18.4 Å². The van der Waals surface area contributed by atoms with Crippen molar-refractivity contribution in [3.05, 3.63) is 40.3 Å². The normalized spacial score (nSPS) is 14.2. The Morgan fingerprint density at radius 1 is 1.24 bits per heavy atom. The first-order chi connectivity index (χ1) is 16.0. The molecule has 0 spiro atoms. The van der Waals surface area contributed by atoms with Gasteiger partial charge in [-0.1, -0.05) is 62.5 Å².